The van der Waals surface area contributed by atoms with E-state index in [-0.39, 0.29) is 12.4 Å². The predicted octanol–water partition coefficient (Wildman–Crippen LogP) is 1.54. The Kier molecular flexibility index (Phi) is 3.31. The van der Waals surface area contributed by atoms with Crippen LogP contribution in [0.3, 0.4) is 0 Å². The Morgan fingerprint density at radius 1 is 1.35 bits per heavy atom. The molecule has 0 aliphatic rings. The van der Waals surface area contributed by atoms with E-state index in [0.29, 0.717) is 5.69 Å². The highest BCUT2D eigenvalue weighted by molar-refractivity contribution is 5.74. The van der Waals surface area contributed by atoms with Crippen molar-refractivity contribution in [1.82, 2.24) is 9.97 Å². The van der Waals surface area contributed by atoms with Crippen LogP contribution in [0.4, 0.5) is 0 Å². The first-order valence-corrected chi connectivity index (χ1v) is 5.07. The zero-order valence-electron chi connectivity index (χ0n) is 9.30. The van der Waals surface area contributed by atoms with Crippen molar-refractivity contribution in [2.75, 3.05) is 7.11 Å². The lowest BCUT2D eigenvalue weighted by Gasteiger charge is -1.95. The Labute approximate surface area is 98.7 Å². The minimum Gasteiger partial charge on any atom is -0.468 e. The molecular weight excluding hydrogens is 216 g/mol. The second-order valence-electron chi connectivity index (χ2n) is 3.30. The monoisotopic (exact) mass is 226 g/mol. The van der Waals surface area contributed by atoms with E-state index in [1.165, 1.54) is 7.11 Å². The summed E-state index contributed by atoms with van der Waals surface area (Å²) in [5.41, 5.74) is 2.16. The van der Waals surface area contributed by atoms with Crippen LogP contribution in [0.1, 0.15) is 12.1 Å². The van der Waals surface area contributed by atoms with Crippen molar-refractivity contribution in [3.63, 3.8) is 0 Å². The largest absolute Gasteiger partial charge is 0.468 e. The third-order valence-corrected chi connectivity index (χ3v) is 2.13. The van der Waals surface area contributed by atoms with E-state index in [1.807, 2.05) is 24.3 Å². The minimum atomic E-state index is -0.355. The summed E-state index contributed by atoms with van der Waals surface area (Å²) in [6.45, 7) is 0. The highest BCUT2D eigenvalue weighted by Gasteiger charge is 1.97. The van der Waals surface area contributed by atoms with Gasteiger partial charge in [-0.2, -0.15) is 0 Å². The number of para-hydroxylation sites is 2. The lowest BCUT2D eigenvalue weighted by atomic mass is 10.3. The summed E-state index contributed by atoms with van der Waals surface area (Å²) in [6, 6.07) is 7.55. The van der Waals surface area contributed by atoms with E-state index in [2.05, 4.69) is 26.5 Å². The van der Waals surface area contributed by atoms with Crippen molar-refractivity contribution < 1.29 is 9.53 Å². The third kappa shape index (κ3) is 2.79. The molecule has 0 amide bonds. The molecule has 84 valence electrons. The van der Waals surface area contributed by atoms with Crippen molar-refractivity contribution in [3.05, 3.63) is 36.2 Å². The highest BCUT2D eigenvalue weighted by Crippen LogP contribution is 2.07. The maximum atomic E-state index is 10.9. The molecule has 0 aliphatic heterocycles. The minimum absolute atomic E-state index is 0.0605. The van der Waals surface area contributed by atoms with Gasteiger partial charge in [-0.15, -0.1) is 0 Å². The van der Waals surface area contributed by atoms with Gasteiger partial charge in [0.2, 0.25) is 0 Å². The van der Waals surface area contributed by atoms with Gasteiger partial charge in [-0.3, -0.25) is 9.78 Å². The second-order valence-corrected chi connectivity index (χ2v) is 3.30. The van der Waals surface area contributed by atoms with Crippen LogP contribution < -0.4 is 0 Å². The lowest BCUT2D eigenvalue weighted by Crippen LogP contribution is -1.97. The smallest absolute Gasteiger partial charge is 0.317 e. The summed E-state index contributed by atoms with van der Waals surface area (Å²) in [6.07, 6.45) is 1.65. The summed E-state index contributed by atoms with van der Waals surface area (Å²) < 4.78 is 4.48. The molecule has 0 aliphatic carbocycles. The van der Waals surface area contributed by atoms with Crippen LogP contribution in [0.25, 0.3) is 11.0 Å². The number of fused-ring (bicyclic) bond motifs is 1. The van der Waals surface area contributed by atoms with Gasteiger partial charge in [-0.1, -0.05) is 18.1 Å². The number of carbonyl (C=O) groups is 1. The van der Waals surface area contributed by atoms with Gasteiger partial charge in [0.15, 0.2) is 0 Å². The maximum Gasteiger partial charge on any atom is 0.317 e. The number of hydrogen-bond acceptors (Lipinski definition) is 4. The summed E-state index contributed by atoms with van der Waals surface area (Å²) >= 11 is 0. The van der Waals surface area contributed by atoms with Crippen molar-refractivity contribution in [2.24, 2.45) is 0 Å². The first-order chi connectivity index (χ1) is 8.29. The van der Waals surface area contributed by atoms with Gasteiger partial charge in [0.1, 0.15) is 12.1 Å². The Balaban J connectivity index is 2.22. The topological polar surface area (TPSA) is 52.1 Å². The fourth-order valence-electron chi connectivity index (χ4n) is 1.30. The van der Waals surface area contributed by atoms with Crippen molar-refractivity contribution in [3.8, 4) is 11.8 Å². The molecule has 17 heavy (non-hydrogen) atoms. The van der Waals surface area contributed by atoms with Gasteiger partial charge in [0.05, 0.1) is 24.3 Å². The highest BCUT2D eigenvalue weighted by atomic mass is 16.5. The van der Waals surface area contributed by atoms with Crippen molar-refractivity contribution in [2.45, 2.75) is 6.42 Å². The number of hydrogen-bond donors (Lipinski definition) is 0. The first-order valence-electron chi connectivity index (χ1n) is 5.07. The Morgan fingerprint density at radius 2 is 2.12 bits per heavy atom. The Hall–Kier alpha value is -2.41. The number of nitrogens with zero attached hydrogens (tertiary/aromatic N) is 2. The number of carbonyl (C=O) groups excluding carboxylic acids is 1. The number of esters is 1. The average Bonchev–Trinajstić information content (AvgIpc) is 2.38. The van der Waals surface area contributed by atoms with Crippen LogP contribution in [0.15, 0.2) is 30.5 Å². The molecule has 0 saturated carbocycles. The molecule has 0 atom stereocenters. The molecule has 0 spiro atoms. The number of methoxy groups -OCH3 is 1. The maximum absolute atomic E-state index is 10.9. The molecule has 2 rings (SSSR count). The van der Waals surface area contributed by atoms with Gasteiger partial charge < -0.3 is 4.74 Å². The Morgan fingerprint density at radius 3 is 2.88 bits per heavy atom. The van der Waals surface area contributed by atoms with Crippen LogP contribution in [-0.2, 0) is 9.53 Å². The number of rotatable bonds is 1. The Bertz CT molecular complexity index is 611. The number of ether oxygens (including phenoxy) is 1. The molecule has 0 fully saturated rings. The summed E-state index contributed by atoms with van der Waals surface area (Å²) in [7, 11) is 1.33. The van der Waals surface area contributed by atoms with Gasteiger partial charge in [-0.05, 0) is 18.1 Å². The van der Waals surface area contributed by atoms with Crippen LogP contribution in [0, 0.1) is 11.8 Å². The number of aromatic nitrogens is 2. The summed E-state index contributed by atoms with van der Waals surface area (Å²) in [5.74, 6) is 5.11. The first kappa shape index (κ1) is 11.1. The van der Waals surface area contributed by atoms with Crippen LogP contribution in [0.5, 0.6) is 0 Å². The van der Waals surface area contributed by atoms with E-state index >= 15 is 0 Å². The fraction of sp³-hybridized carbons (Fsp3) is 0.154. The zero-order valence-corrected chi connectivity index (χ0v) is 9.30. The molecule has 0 radical (unpaired) electrons. The molecule has 2 aromatic rings. The second kappa shape index (κ2) is 5.08. The van der Waals surface area contributed by atoms with Crippen LogP contribution in [0.2, 0.25) is 0 Å². The van der Waals surface area contributed by atoms with Crippen LogP contribution in [-0.4, -0.2) is 23.0 Å². The normalized spacial score (nSPS) is 9.47. The van der Waals surface area contributed by atoms with Gasteiger partial charge in [0, 0.05) is 0 Å². The van der Waals surface area contributed by atoms with E-state index in [4.69, 9.17) is 0 Å². The van der Waals surface area contributed by atoms with Crippen molar-refractivity contribution in [1.29, 1.82) is 0 Å². The van der Waals surface area contributed by atoms with Gasteiger partial charge >= 0.3 is 5.97 Å². The van der Waals surface area contributed by atoms with E-state index in [1.54, 1.807) is 6.20 Å². The number of benzene rings is 1. The molecule has 1 aromatic heterocycles. The zero-order chi connectivity index (χ0) is 12.1. The molecule has 1 heterocycles. The molecular formula is C13H10N2O2. The van der Waals surface area contributed by atoms with E-state index in [0.717, 1.165) is 11.0 Å². The average molecular weight is 226 g/mol. The van der Waals surface area contributed by atoms with Gasteiger partial charge in [0.25, 0.3) is 0 Å². The standard InChI is InChI=1S/C13H10N2O2/c1-17-13(16)8-4-5-10-9-14-11-6-2-3-7-12(11)15-10/h2-3,6-7,9H,8H2,1H3. The molecule has 4 heteroatoms. The quantitative estimate of drug-likeness (QED) is 0.546. The molecule has 1 aromatic carbocycles. The molecule has 0 bridgehead atoms. The SMILES string of the molecule is COC(=O)CC#Cc1cnc2ccccc2n1. The summed E-state index contributed by atoms with van der Waals surface area (Å²) in [4.78, 5) is 19.4. The lowest BCUT2D eigenvalue weighted by molar-refractivity contribution is -0.139. The third-order valence-electron chi connectivity index (χ3n) is 2.13. The molecule has 0 N–H and O–H groups in total. The van der Waals surface area contributed by atoms with Crippen LogP contribution >= 0.6 is 0 Å². The van der Waals surface area contributed by atoms with Gasteiger partial charge in [-0.25, -0.2) is 4.98 Å². The van der Waals surface area contributed by atoms with Crippen molar-refractivity contribution >= 4 is 17.0 Å². The summed E-state index contributed by atoms with van der Waals surface area (Å²) in [5, 5.41) is 0. The predicted molar refractivity (Wildman–Crippen MR) is 63.0 cm³/mol. The molecule has 0 unspecified atom stereocenters. The molecule has 0 saturated heterocycles. The molecule has 4 nitrogen and oxygen atoms in total. The van der Waals surface area contributed by atoms with E-state index < -0.39 is 0 Å². The fourth-order valence-corrected chi connectivity index (χ4v) is 1.30. The van der Waals surface area contributed by atoms with E-state index in [9.17, 15) is 4.79 Å².